The van der Waals surface area contributed by atoms with Crippen LogP contribution in [0.1, 0.15) is 41.7 Å². The van der Waals surface area contributed by atoms with Gasteiger partial charge in [0.05, 0.1) is 0 Å². The van der Waals surface area contributed by atoms with Crippen LogP contribution in [0.5, 0.6) is 5.75 Å². The summed E-state index contributed by atoms with van der Waals surface area (Å²) in [7, 11) is 0. The number of carboxylic acid groups (broad SMARTS) is 1. The predicted octanol–water partition coefficient (Wildman–Crippen LogP) is 2.99. The molecule has 0 amide bonds. The lowest BCUT2D eigenvalue weighted by Crippen LogP contribution is -2.31. The van der Waals surface area contributed by atoms with Gasteiger partial charge in [-0.1, -0.05) is 0 Å². The molecular weight excluding hydrogens is 263 g/mol. The normalized spacial score (nSPS) is 17.1. The van der Waals surface area contributed by atoms with E-state index in [2.05, 4.69) is 4.98 Å². The number of hydrogen-bond donors (Lipinski definition) is 1. The maximum atomic E-state index is 12.5. The molecule has 1 aliphatic rings. The Bertz CT molecular complexity index is 497. The molecule has 0 saturated heterocycles. The number of aromatic carboxylic acids is 1. The molecule has 1 aromatic rings. The van der Waals surface area contributed by atoms with Gasteiger partial charge in [-0.3, -0.25) is 0 Å². The number of pyridine rings is 1. The third kappa shape index (κ3) is 3.15. The lowest BCUT2D eigenvalue weighted by molar-refractivity contribution is -0.189. The molecule has 4 nitrogen and oxygen atoms in total. The summed E-state index contributed by atoms with van der Waals surface area (Å²) in [6, 6.07) is 1.05. The van der Waals surface area contributed by atoms with Gasteiger partial charge in [-0.2, -0.15) is 13.2 Å². The first-order chi connectivity index (χ1) is 8.79. The minimum atomic E-state index is -4.49. The Balaban J connectivity index is 2.30. The molecule has 0 unspecified atom stereocenters. The lowest BCUT2D eigenvalue weighted by Gasteiger charge is -2.19. The fourth-order valence-electron chi connectivity index (χ4n) is 1.62. The van der Waals surface area contributed by atoms with Crippen molar-refractivity contribution in [1.29, 1.82) is 0 Å². The smallest absolute Gasteiger partial charge is 0.425 e. The average molecular weight is 275 g/mol. The summed E-state index contributed by atoms with van der Waals surface area (Å²) in [6.45, 7) is 0.886. The number of halogens is 3. The third-order valence-electron chi connectivity index (χ3n) is 2.90. The van der Waals surface area contributed by atoms with Gasteiger partial charge < -0.3 is 9.84 Å². The summed E-state index contributed by atoms with van der Waals surface area (Å²) in [5.74, 6) is -1.22. The Hall–Kier alpha value is -1.79. The molecule has 0 spiro atoms. The van der Waals surface area contributed by atoms with E-state index in [4.69, 9.17) is 9.84 Å². The molecule has 104 valence electrons. The lowest BCUT2D eigenvalue weighted by atomic mass is 10.1. The molecule has 1 fully saturated rings. The molecule has 0 bridgehead atoms. The summed E-state index contributed by atoms with van der Waals surface area (Å²) in [5.41, 5.74) is 0.217. The van der Waals surface area contributed by atoms with Crippen LogP contribution in [0.4, 0.5) is 13.2 Å². The van der Waals surface area contributed by atoms with E-state index in [1.54, 1.807) is 0 Å². The Labute approximate surface area is 107 Å². The highest BCUT2D eigenvalue weighted by atomic mass is 19.4. The van der Waals surface area contributed by atoms with Crippen LogP contribution in [0, 0.1) is 0 Å². The molecule has 19 heavy (non-hydrogen) atoms. The largest absolute Gasteiger partial charge is 0.481 e. The zero-order valence-electron chi connectivity index (χ0n) is 10.1. The van der Waals surface area contributed by atoms with Crippen molar-refractivity contribution in [2.75, 3.05) is 0 Å². The van der Waals surface area contributed by atoms with E-state index < -0.39 is 18.2 Å². The molecule has 1 heterocycles. The maximum Gasteiger partial charge on any atom is 0.425 e. The van der Waals surface area contributed by atoms with E-state index in [-0.39, 0.29) is 17.4 Å². The van der Waals surface area contributed by atoms with Crippen LogP contribution in [0.25, 0.3) is 0 Å². The quantitative estimate of drug-likeness (QED) is 0.917. The predicted molar refractivity (Wildman–Crippen MR) is 59.3 cm³/mol. The highest BCUT2D eigenvalue weighted by Gasteiger charge is 2.39. The first-order valence-corrected chi connectivity index (χ1v) is 5.75. The van der Waals surface area contributed by atoms with E-state index in [1.807, 2.05) is 0 Å². The molecule has 0 radical (unpaired) electrons. The fraction of sp³-hybridized carbons (Fsp3) is 0.500. The highest BCUT2D eigenvalue weighted by Crippen LogP contribution is 2.44. The van der Waals surface area contributed by atoms with Gasteiger partial charge in [-0.05, 0) is 25.7 Å². The monoisotopic (exact) mass is 275 g/mol. The van der Waals surface area contributed by atoms with Crippen molar-refractivity contribution in [2.24, 2.45) is 0 Å². The average Bonchev–Trinajstić information content (AvgIpc) is 3.11. The molecule has 0 aliphatic heterocycles. The second kappa shape index (κ2) is 4.71. The van der Waals surface area contributed by atoms with Crippen molar-refractivity contribution in [1.82, 2.24) is 4.98 Å². The summed E-state index contributed by atoms with van der Waals surface area (Å²) < 4.78 is 42.3. The third-order valence-corrected chi connectivity index (χ3v) is 2.90. The molecular formula is C12H12F3NO3. The van der Waals surface area contributed by atoms with E-state index in [9.17, 15) is 18.0 Å². The number of carbonyl (C=O) groups is 1. The SMILES string of the molecule is C[C@@H](Oc1cc(C(=O)O)ncc1C1CC1)C(F)(F)F. The number of rotatable bonds is 4. The van der Waals surface area contributed by atoms with Crippen molar-refractivity contribution in [3.63, 3.8) is 0 Å². The summed E-state index contributed by atoms with van der Waals surface area (Å²) in [5, 5.41) is 8.81. The highest BCUT2D eigenvalue weighted by molar-refractivity contribution is 5.85. The Kier molecular flexibility index (Phi) is 3.38. The zero-order valence-corrected chi connectivity index (χ0v) is 10.1. The van der Waals surface area contributed by atoms with Crippen LogP contribution in [-0.2, 0) is 0 Å². The molecule has 1 atom stereocenters. The summed E-state index contributed by atoms with van der Waals surface area (Å²) >= 11 is 0. The first kappa shape index (κ1) is 13.6. The van der Waals surface area contributed by atoms with Crippen molar-refractivity contribution in [2.45, 2.75) is 38.0 Å². The topological polar surface area (TPSA) is 59.4 Å². The van der Waals surface area contributed by atoms with Crippen molar-refractivity contribution in [3.05, 3.63) is 23.5 Å². The number of alkyl halides is 3. The number of ether oxygens (including phenoxy) is 1. The Morgan fingerprint density at radius 1 is 1.53 bits per heavy atom. The van der Waals surface area contributed by atoms with Crippen LogP contribution in [0.2, 0.25) is 0 Å². The van der Waals surface area contributed by atoms with Gasteiger partial charge in [0.15, 0.2) is 11.8 Å². The molecule has 7 heteroatoms. The van der Waals surface area contributed by atoms with Gasteiger partial charge in [0.25, 0.3) is 0 Å². The van der Waals surface area contributed by atoms with Crippen molar-refractivity contribution in [3.8, 4) is 5.75 Å². The minimum Gasteiger partial charge on any atom is -0.481 e. The molecule has 2 rings (SSSR count). The van der Waals surface area contributed by atoms with Gasteiger partial charge in [0, 0.05) is 17.8 Å². The van der Waals surface area contributed by atoms with Crippen LogP contribution >= 0.6 is 0 Å². The Morgan fingerprint density at radius 2 is 2.16 bits per heavy atom. The number of carboxylic acids is 1. The second-order valence-corrected chi connectivity index (χ2v) is 4.49. The van der Waals surface area contributed by atoms with Crippen molar-refractivity contribution < 1.29 is 27.8 Å². The van der Waals surface area contributed by atoms with E-state index >= 15 is 0 Å². The molecule has 1 saturated carbocycles. The Morgan fingerprint density at radius 3 is 2.63 bits per heavy atom. The molecule has 1 aromatic heterocycles. The number of aromatic nitrogens is 1. The van der Waals surface area contributed by atoms with Gasteiger partial charge in [-0.15, -0.1) is 0 Å². The van der Waals surface area contributed by atoms with Crippen LogP contribution in [0.3, 0.4) is 0 Å². The fourth-order valence-corrected chi connectivity index (χ4v) is 1.62. The number of hydrogen-bond acceptors (Lipinski definition) is 3. The van der Waals surface area contributed by atoms with Crippen LogP contribution in [0.15, 0.2) is 12.3 Å². The van der Waals surface area contributed by atoms with Gasteiger partial charge in [-0.25, -0.2) is 9.78 Å². The van der Waals surface area contributed by atoms with E-state index in [1.165, 1.54) is 6.20 Å². The minimum absolute atomic E-state index is 0.0419. The second-order valence-electron chi connectivity index (χ2n) is 4.49. The van der Waals surface area contributed by atoms with Gasteiger partial charge >= 0.3 is 12.1 Å². The van der Waals surface area contributed by atoms with Crippen molar-refractivity contribution >= 4 is 5.97 Å². The molecule has 0 aromatic carbocycles. The van der Waals surface area contributed by atoms with Crippen LogP contribution in [-0.4, -0.2) is 28.3 Å². The number of nitrogens with zero attached hydrogens (tertiary/aromatic N) is 1. The van der Waals surface area contributed by atoms with E-state index in [0.29, 0.717) is 5.56 Å². The zero-order chi connectivity index (χ0) is 14.2. The maximum absolute atomic E-state index is 12.5. The first-order valence-electron chi connectivity index (χ1n) is 5.75. The molecule has 1 N–H and O–H groups in total. The molecule has 1 aliphatic carbocycles. The van der Waals surface area contributed by atoms with Gasteiger partial charge in [0.2, 0.25) is 0 Å². The summed E-state index contributed by atoms with van der Waals surface area (Å²) in [6.07, 6.45) is -3.49. The standard InChI is InChI=1S/C12H12F3NO3/c1-6(12(13,14)15)19-10-4-9(11(17)18)16-5-8(10)7-2-3-7/h4-7H,2-3H2,1H3,(H,17,18)/t6-/m1/s1. The van der Waals surface area contributed by atoms with E-state index in [0.717, 1.165) is 25.8 Å². The van der Waals surface area contributed by atoms with Gasteiger partial charge in [0.1, 0.15) is 5.75 Å². The summed E-state index contributed by atoms with van der Waals surface area (Å²) in [4.78, 5) is 14.5. The van der Waals surface area contributed by atoms with Crippen LogP contribution < -0.4 is 4.74 Å².